The van der Waals surface area contributed by atoms with Crippen LogP contribution in [0, 0.1) is 21.8 Å². The number of thiophene rings is 1. The second-order valence-corrected chi connectivity index (χ2v) is 10.0. The minimum absolute atomic E-state index is 0.00908. The topological polar surface area (TPSA) is 107 Å². The van der Waals surface area contributed by atoms with Crippen molar-refractivity contribution in [2.24, 2.45) is 5.92 Å². The maximum Gasteiger partial charge on any atom is 0.317 e. The number of ketones is 1. The molecule has 2 aromatic carbocycles. The van der Waals surface area contributed by atoms with Crippen molar-refractivity contribution in [3.8, 4) is 0 Å². The molecule has 194 valence electrons. The number of halogens is 1. The van der Waals surface area contributed by atoms with E-state index in [4.69, 9.17) is 4.74 Å². The molecule has 2 heterocycles. The fraction of sp³-hybridized carbons (Fsp3) is 0.250. The van der Waals surface area contributed by atoms with Crippen LogP contribution in [0.4, 0.5) is 15.8 Å². The normalized spacial score (nSPS) is 21.3. The summed E-state index contributed by atoms with van der Waals surface area (Å²) >= 11 is 1.38. The van der Waals surface area contributed by atoms with E-state index in [1.165, 1.54) is 52.6 Å². The van der Waals surface area contributed by atoms with Gasteiger partial charge in [0.05, 0.1) is 17.2 Å². The van der Waals surface area contributed by atoms with E-state index in [1.807, 2.05) is 17.5 Å². The van der Waals surface area contributed by atoms with Gasteiger partial charge in [-0.25, -0.2) is 4.39 Å². The summed E-state index contributed by atoms with van der Waals surface area (Å²) in [4.78, 5) is 53.9. The van der Waals surface area contributed by atoms with Gasteiger partial charge in [0, 0.05) is 46.5 Å². The summed E-state index contributed by atoms with van der Waals surface area (Å²) in [5.41, 5.74) is 0.704. The summed E-state index contributed by atoms with van der Waals surface area (Å²) in [5, 5.41) is 13.3. The third-order valence-electron chi connectivity index (χ3n) is 6.95. The second kappa shape index (κ2) is 10.3. The Morgan fingerprint density at radius 2 is 1.92 bits per heavy atom. The Hall–Kier alpha value is -4.18. The first kappa shape index (κ1) is 25.5. The lowest BCUT2D eigenvalue weighted by Crippen LogP contribution is -2.46. The van der Waals surface area contributed by atoms with E-state index < -0.39 is 46.2 Å². The molecule has 0 N–H and O–H groups in total. The van der Waals surface area contributed by atoms with Crippen molar-refractivity contribution in [1.29, 1.82) is 0 Å². The summed E-state index contributed by atoms with van der Waals surface area (Å²) in [6.45, 7) is 1.74. The summed E-state index contributed by atoms with van der Waals surface area (Å²) in [6.07, 6.45) is -0.115. The molecule has 1 aliphatic heterocycles. The van der Waals surface area contributed by atoms with Crippen molar-refractivity contribution in [3.63, 3.8) is 0 Å². The summed E-state index contributed by atoms with van der Waals surface area (Å²) < 4.78 is 20.3. The van der Waals surface area contributed by atoms with Gasteiger partial charge in [0.2, 0.25) is 5.91 Å². The molecule has 3 atom stereocenters. The highest BCUT2D eigenvalue weighted by molar-refractivity contribution is 7.10. The lowest BCUT2D eigenvalue weighted by Gasteiger charge is -2.42. The van der Waals surface area contributed by atoms with Gasteiger partial charge in [-0.05, 0) is 42.5 Å². The van der Waals surface area contributed by atoms with Gasteiger partial charge in [-0.1, -0.05) is 30.3 Å². The molecular weight excluding hydrogens is 511 g/mol. The van der Waals surface area contributed by atoms with Crippen LogP contribution in [0.5, 0.6) is 0 Å². The summed E-state index contributed by atoms with van der Waals surface area (Å²) in [6, 6.07) is 15.2. The molecule has 0 saturated heterocycles. The molecule has 38 heavy (non-hydrogen) atoms. The molecule has 5 rings (SSSR count). The van der Waals surface area contributed by atoms with E-state index in [9.17, 15) is 28.9 Å². The molecule has 8 nitrogen and oxygen atoms in total. The van der Waals surface area contributed by atoms with Crippen LogP contribution in [0.15, 0.2) is 77.3 Å². The molecule has 0 spiro atoms. The quantitative estimate of drug-likeness (QED) is 0.179. The third kappa shape index (κ3) is 4.41. The Balaban J connectivity index is 1.74. The molecule has 0 saturated carbocycles. The summed E-state index contributed by atoms with van der Waals surface area (Å²) in [7, 11) is 0. The Bertz CT molecular complexity index is 1470. The molecule has 3 unspecified atom stereocenters. The van der Waals surface area contributed by atoms with Gasteiger partial charge in [-0.2, -0.15) is 0 Å². The van der Waals surface area contributed by atoms with Crippen molar-refractivity contribution in [3.05, 3.63) is 104 Å². The number of hydrogen-bond donors (Lipinski definition) is 0. The van der Waals surface area contributed by atoms with Crippen molar-refractivity contribution in [2.75, 3.05) is 11.5 Å². The molecule has 2 aliphatic rings. The standard InChI is InChI=1S/C28H23FN2O6S/c1-2-37-28(34)26-19(23-11-6-12-38-23)14-22-25(27(26)33)18(16-7-5-8-17(13-16)31(35)36)15-24(32)30(22)21-10-4-3-9-20(21)29/h3-13,18-19,26H,2,14-15H2,1H3. The van der Waals surface area contributed by atoms with Gasteiger partial charge < -0.3 is 4.74 Å². The lowest BCUT2D eigenvalue weighted by molar-refractivity contribution is -0.384. The van der Waals surface area contributed by atoms with Crippen LogP contribution >= 0.6 is 11.3 Å². The Kier molecular flexibility index (Phi) is 6.90. The number of carbonyl (C=O) groups excluding carboxylic acids is 3. The number of nitro benzene ring substituents is 1. The number of non-ortho nitro benzene ring substituents is 1. The first-order chi connectivity index (χ1) is 18.3. The highest BCUT2D eigenvalue weighted by Gasteiger charge is 2.50. The maximum atomic E-state index is 15.0. The number of rotatable bonds is 6. The molecule has 0 bridgehead atoms. The minimum Gasteiger partial charge on any atom is -0.465 e. The van der Waals surface area contributed by atoms with Gasteiger partial charge in [-0.15, -0.1) is 11.3 Å². The van der Waals surface area contributed by atoms with Crippen LogP contribution in [0.25, 0.3) is 0 Å². The first-order valence-electron chi connectivity index (χ1n) is 12.1. The third-order valence-corrected chi connectivity index (χ3v) is 7.95. The number of esters is 1. The Labute approximate surface area is 221 Å². The zero-order valence-electron chi connectivity index (χ0n) is 20.3. The SMILES string of the molecule is CCOC(=O)C1C(=O)C2=C(CC1c1cccs1)N(c1ccccc1F)C(=O)CC2c1cccc([N+](=O)[O-])c1. The fourth-order valence-electron chi connectivity index (χ4n) is 5.35. The number of Topliss-reactive ketones (excluding diaryl/α,β-unsaturated/α-hetero) is 1. The zero-order valence-corrected chi connectivity index (χ0v) is 21.2. The monoisotopic (exact) mass is 534 g/mol. The Morgan fingerprint density at radius 3 is 2.61 bits per heavy atom. The number of amides is 1. The van der Waals surface area contributed by atoms with Gasteiger partial charge in [0.1, 0.15) is 11.7 Å². The number of carbonyl (C=O) groups is 3. The average Bonchev–Trinajstić information content (AvgIpc) is 3.44. The van der Waals surface area contributed by atoms with Crippen molar-refractivity contribution < 1.29 is 28.4 Å². The largest absolute Gasteiger partial charge is 0.465 e. The smallest absolute Gasteiger partial charge is 0.317 e. The fourth-order valence-corrected chi connectivity index (χ4v) is 6.22. The molecule has 1 amide bonds. The van der Waals surface area contributed by atoms with E-state index in [0.717, 1.165) is 4.88 Å². The predicted octanol–water partition coefficient (Wildman–Crippen LogP) is 5.51. The van der Waals surface area contributed by atoms with Crippen molar-refractivity contribution >= 4 is 40.4 Å². The highest BCUT2D eigenvalue weighted by atomic mass is 32.1. The molecule has 3 aromatic rings. The molecule has 10 heteroatoms. The van der Waals surface area contributed by atoms with Crippen LogP contribution in [0.1, 0.15) is 42.0 Å². The number of benzene rings is 2. The number of anilines is 1. The number of allylic oxidation sites excluding steroid dienone is 2. The Morgan fingerprint density at radius 1 is 1.13 bits per heavy atom. The van der Waals surface area contributed by atoms with Crippen molar-refractivity contribution in [1.82, 2.24) is 0 Å². The zero-order chi connectivity index (χ0) is 27.0. The molecular formula is C28H23FN2O6S. The van der Waals surface area contributed by atoms with Crippen LogP contribution in [0.2, 0.25) is 0 Å². The van der Waals surface area contributed by atoms with Gasteiger partial charge in [0.25, 0.3) is 5.69 Å². The van der Waals surface area contributed by atoms with Crippen LogP contribution < -0.4 is 4.90 Å². The van der Waals surface area contributed by atoms with E-state index in [1.54, 1.807) is 19.1 Å². The second-order valence-electron chi connectivity index (χ2n) is 9.07. The number of hydrogen-bond acceptors (Lipinski definition) is 7. The molecule has 0 fully saturated rings. The summed E-state index contributed by atoms with van der Waals surface area (Å²) in [5.74, 6) is -4.89. The molecule has 0 radical (unpaired) electrons. The lowest BCUT2D eigenvalue weighted by atomic mass is 9.69. The minimum atomic E-state index is -1.16. The highest BCUT2D eigenvalue weighted by Crippen LogP contribution is 2.50. The van der Waals surface area contributed by atoms with Gasteiger partial charge in [-0.3, -0.25) is 29.4 Å². The van der Waals surface area contributed by atoms with Gasteiger partial charge in [0.15, 0.2) is 5.78 Å². The average molecular weight is 535 g/mol. The van der Waals surface area contributed by atoms with E-state index in [0.29, 0.717) is 11.3 Å². The number of para-hydroxylation sites is 1. The van der Waals surface area contributed by atoms with E-state index >= 15 is 0 Å². The molecule has 1 aliphatic carbocycles. The first-order valence-corrected chi connectivity index (χ1v) is 13.0. The van der Waals surface area contributed by atoms with Crippen molar-refractivity contribution in [2.45, 2.75) is 31.6 Å². The van der Waals surface area contributed by atoms with Crippen LogP contribution in [0.3, 0.4) is 0 Å². The van der Waals surface area contributed by atoms with Crippen LogP contribution in [-0.2, 0) is 19.1 Å². The number of ether oxygens (including phenoxy) is 1. The van der Waals surface area contributed by atoms with E-state index in [2.05, 4.69) is 0 Å². The number of nitro groups is 1. The maximum absolute atomic E-state index is 15.0. The predicted molar refractivity (Wildman–Crippen MR) is 138 cm³/mol. The number of nitrogens with zero attached hydrogens (tertiary/aromatic N) is 2. The van der Waals surface area contributed by atoms with E-state index in [-0.39, 0.29) is 36.4 Å². The molecule has 1 aromatic heterocycles. The van der Waals surface area contributed by atoms with Gasteiger partial charge >= 0.3 is 5.97 Å². The van der Waals surface area contributed by atoms with Crippen LogP contribution in [-0.4, -0.2) is 29.2 Å².